The largest absolute Gasteiger partial charge is 0.227 e. The minimum atomic E-state index is -0.391. The molecule has 0 saturated carbocycles. The maximum atomic E-state index is 12.6. The predicted octanol–water partition coefficient (Wildman–Crippen LogP) is 2.72. The molecule has 1 aromatic rings. The molecule has 0 atom stereocenters. The van der Waals surface area contributed by atoms with Gasteiger partial charge in [0.05, 0.1) is 0 Å². The van der Waals surface area contributed by atoms with Gasteiger partial charge in [0.1, 0.15) is 0 Å². The molecule has 0 amide bonds. The van der Waals surface area contributed by atoms with Crippen molar-refractivity contribution in [1.82, 2.24) is 4.98 Å². The molecule has 1 nitrogen and oxygen atoms in total. The lowest BCUT2D eigenvalue weighted by molar-refractivity contribution is 0.573. The van der Waals surface area contributed by atoms with E-state index in [1.807, 2.05) is 0 Å². The van der Waals surface area contributed by atoms with Crippen LogP contribution in [-0.2, 0) is 5.33 Å². The minimum Gasteiger partial charge on any atom is -0.227 e. The van der Waals surface area contributed by atoms with E-state index in [0.29, 0.717) is 10.9 Å². The maximum Gasteiger partial charge on any atom is 0.216 e. The highest BCUT2D eigenvalue weighted by atomic mass is 127. The summed E-state index contributed by atoms with van der Waals surface area (Å²) in [5.74, 6) is -0.391. The molecule has 1 aromatic heterocycles. The van der Waals surface area contributed by atoms with Crippen molar-refractivity contribution in [1.29, 1.82) is 0 Å². The fraction of sp³-hybridized carbons (Fsp3) is 0.167. The topological polar surface area (TPSA) is 12.9 Å². The van der Waals surface area contributed by atoms with E-state index in [4.69, 9.17) is 0 Å². The molecule has 0 bridgehead atoms. The number of nitrogens with zero attached hydrogens (tertiary/aromatic N) is 1. The van der Waals surface area contributed by atoms with Crippen molar-refractivity contribution in [3.63, 3.8) is 0 Å². The third kappa shape index (κ3) is 1.88. The molecule has 0 fully saturated rings. The number of pyridine rings is 1. The summed E-state index contributed by atoms with van der Waals surface area (Å²) in [6, 6.07) is 1.76. The van der Waals surface area contributed by atoms with Gasteiger partial charge in [-0.3, -0.25) is 0 Å². The molecule has 0 aliphatic rings. The van der Waals surface area contributed by atoms with Gasteiger partial charge >= 0.3 is 0 Å². The number of halogens is 3. The lowest BCUT2D eigenvalue weighted by atomic mass is 10.3. The Morgan fingerprint density at radius 1 is 1.70 bits per heavy atom. The molecule has 10 heavy (non-hydrogen) atoms. The van der Waals surface area contributed by atoms with Gasteiger partial charge in [0.2, 0.25) is 5.95 Å². The Labute approximate surface area is 80.3 Å². The van der Waals surface area contributed by atoms with E-state index in [1.54, 1.807) is 6.07 Å². The van der Waals surface area contributed by atoms with Gasteiger partial charge in [-0.15, -0.1) is 0 Å². The normalized spacial score (nSPS) is 9.90. The molecule has 0 saturated heterocycles. The molecular formula is C6H4BrFIN. The standard InChI is InChI=1S/C6H4BrFIN/c7-2-4-1-5(9)3-10-6(4)8/h1,3H,2H2. The van der Waals surface area contributed by atoms with Crippen molar-refractivity contribution in [2.24, 2.45) is 0 Å². The quantitative estimate of drug-likeness (QED) is 0.441. The monoisotopic (exact) mass is 315 g/mol. The zero-order valence-electron chi connectivity index (χ0n) is 4.94. The fourth-order valence-electron chi connectivity index (χ4n) is 0.558. The van der Waals surface area contributed by atoms with Crippen molar-refractivity contribution in [3.8, 4) is 0 Å². The Morgan fingerprint density at radius 2 is 2.40 bits per heavy atom. The first-order valence-corrected chi connectivity index (χ1v) is 4.80. The molecule has 0 aliphatic heterocycles. The van der Waals surface area contributed by atoms with Gasteiger partial charge in [-0.1, -0.05) is 15.9 Å². The summed E-state index contributed by atoms with van der Waals surface area (Å²) in [7, 11) is 0. The van der Waals surface area contributed by atoms with Gasteiger partial charge in [-0.05, 0) is 28.7 Å². The predicted molar refractivity (Wildman–Crippen MR) is 49.5 cm³/mol. The summed E-state index contributed by atoms with van der Waals surface area (Å²) in [6.45, 7) is 0. The van der Waals surface area contributed by atoms with Gasteiger partial charge in [0.15, 0.2) is 0 Å². The highest BCUT2D eigenvalue weighted by Crippen LogP contribution is 2.12. The molecular weight excluding hydrogens is 312 g/mol. The van der Waals surface area contributed by atoms with Crippen LogP contribution in [0.4, 0.5) is 4.39 Å². The molecule has 0 spiro atoms. The number of rotatable bonds is 1. The third-order valence-corrected chi connectivity index (χ3v) is 2.22. The summed E-state index contributed by atoms with van der Waals surface area (Å²) < 4.78 is 13.6. The van der Waals surface area contributed by atoms with E-state index in [9.17, 15) is 4.39 Å². The Bertz CT molecular complexity index is 241. The van der Waals surface area contributed by atoms with Gasteiger partial charge in [-0.25, -0.2) is 4.98 Å². The van der Waals surface area contributed by atoms with Crippen LogP contribution in [0.15, 0.2) is 12.3 Å². The van der Waals surface area contributed by atoms with Crippen LogP contribution in [0.25, 0.3) is 0 Å². The van der Waals surface area contributed by atoms with E-state index >= 15 is 0 Å². The number of hydrogen-bond acceptors (Lipinski definition) is 1. The van der Waals surface area contributed by atoms with E-state index < -0.39 is 5.95 Å². The Balaban J connectivity index is 3.09. The molecule has 0 aromatic carbocycles. The van der Waals surface area contributed by atoms with Crippen LogP contribution in [0, 0.1) is 9.52 Å². The minimum absolute atomic E-state index is 0.391. The third-order valence-electron chi connectivity index (χ3n) is 1.02. The second-order valence-corrected chi connectivity index (χ2v) is 3.54. The van der Waals surface area contributed by atoms with Crippen LogP contribution in [0.5, 0.6) is 0 Å². The molecule has 1 heterocycles. The van der Waals surface area contributed by atoms with Gasteiger partial charge in [0, 0.05) is 20.7 Å². The summed E-state index contributed by atoms with van der Waals surface area (Å²) in [6.07, 6.45) is 1.50. The maximum absolute atomic E-state index is 12.6. The summed E-state index contributed by atoms with van der Waals surface area (Å²) in [5.41, 5.74) is 0.604. The van der Waals surface area contributed by atoms with Gasteiger partial charge in [0.25, 0.3) is 0 Å². The zero-order chi connectivity index (χ0) is 7.56. The SMILES string of the molecule is Fc1ncc(I)cc1CBr. The van der Waals surface area contributed by atoms with Crippen molar-refractivity contribution in [2.45, 2.75) is 5.33 Å². The fourth-order valence-corrected chi connectivity index (χ4v) is 1.47. The van der Waals surface area contributed by atoms with Crippen LogP contribution in [0.2, 0.25) is 0 Å². The lowest BCUT2D eigenvalue weighted by Gasteiger charge is -1.96. The highest BCUT2D eigenvalue weighted by Gasteiger charge is 2.00. The van der Waals surface area contributed by atoms with Gasteiger partial charge < -0.3 is 0 Å². The molecule has 4 heteroatoms. The van der Waals surface area contributed by atoms with E-state index in [-0.39, 0.29) is 0 Å². The summed E-state index contributed by atoms with van der Waals surface area (Å²) in [5, 5.41) is 0.517. The number of hydrogen-bond donors (Lipinski definition) is 0. The van der Waals surface area contributed by atoms with Crippen molar-refractivity contribution >= 4 is 38.5 Å². The lowest BCUT2D eigenvalue weighted by Crippen LogP contribution is -1.90. The molecule has 1 rings (SSSR count). The van der Waals surface area contributed by atoms with Crippen LogP contribution < -0.4 is 0 Å². The second-order valence-electron chi connectivity index (χ2n) is 1.74. The zero-order valence-corrected chi connectivity index (χ0v) is 8.69. The van der Waals surface area contributed by atoms with Gasteiger partial charge in [-0.2, -0.15) is 4.39 Å². The smallest absolute Gasteiger partial charge is 0.216 e. The highest BCUT2D eigenvalue weighted by molar-refractivity contribution is 14.1. The average molecular weight is 316 g/mol. The van der Waals surface area contributed by atoms with Crippen LogP contribution in [0.3, 0.4) is 0 Å². The van der Waals surface area contributed by atoms with Crippen molar-refractivity contribution in [3.05, 3.63) is 27.3 Å². The summed E-state index contributed by atoms with van der Waals surface area (Å²) >= 11 is 5.25. The number of alkyl halides is 1. The molecule has 0 radical (unpaired) electrons. The molecule has 0 aliphatic carbocycles. The second kappa shape index (κ2) is 3.61. The first-order valence-electron chi connectivity index (χ1n) is 2.60. The van der Waals surface area contributed by atoms with Crippen molar-refractivity contribution < 1.29 is 4.39 Å². The molecule has 0 unspecified atom stereocenters. The molecule has 54 valence electrons. The first-order chi connectivity index (χ1) is 4.74. The Kier molecular flexibility index (Phi) is 3.03. The average Bonchev–Trinajstić information content (AvgIpc) is 1.94. The molecule has 0 N–H and O–H groups in total. The Hall–Kier alpha value is 0.290. The number of aromatic nitrogens is 1. The van der Waals surface area contributed by atoms with E-state index in [0.717, 1.165) is 3.57 Å². The van der Waals surface area contributed by atoms with Crippen molar-refractivity contribution in [2.75, 3.05) is 0 Å². The Morgan fingerprint density at radius 3 is 2.90 bits per heavy atom. The van der Waals surface area contributed by atoms with Crippen LogP contribution in [-0.4, -0.2) is 4.98 Å². The first kappa shape index (κ1) is 8.39. The summed E-state index contributed by atoms with van der Waals surface area (Å²) in [4.78, 5) is 3.55. The van der Waals surface area contributed by atoms with E-state index in [1.165, 1.54) is 6.20 Å². The van der Waals surface area contributed by atoms with Crippen LogP contribution >= 0.6 is 38.5 Å². The van der Waals surface area contributed by atoms with E-state index in [2.05, 4.69) is 43.5 Å². The van der Waals surface area contributed by atoms with Crippen LogP contribution in [0.1, 0.15) is 5.56 Å².